The van der Waals surface area contributed by atoms with Crippen molar-refractivity contribution in [3.05, 3.63) is 0 Å². The van der Waals surface area contributed by atoms with Gasteiger partial charge in [0.25, 0.3) is 0 Å². The van der Waals surface area contributed by atoms with Crippen molar-refractivity contribution in [2.24, 2.45) is 11.8 Å². The highest BCUT2D eigenvalue weighted by Gasteiger charge is 2.41. The molecular weight excluding hydrogens is 230 g/mol. The van der Waals surface area contributed by atoms with Crippen molar-refractivity contribution >= 4 is 10.4 Å². The minimum absolute atomic E-state index is 0. The van der Waals surface area contributed by atoms with Crippen molar-refractivity contribution in [3.63, 3.8) is 0 Å². The summed E-state index contributed by atoms with van der Waals surface area (Å²) in [6, 6.07) is 0. The Kier molecular flexibility index (Phi) is 7.44. The van der Waals surface area contributed by atoms with Gasteiger partial charge in [-0.2, -0.15) is 8.42 Å². The largest absolute Gasteiger partial charge is 0.400 e. The summed E-state index contributed by atoms with van der Waals surface area (Å²) in [7, 11) is -2.77. The third-order valence-electron chi connectivity index (χ3n) is 2.97. The van der Waals surface area contributed by atoms with Crippen LogP contribution in [0.4, 0.5) is 0 Å². The van der Waals surface area contributed by atoms with E-state index in [9.17, 15) is 8.42 Å². The zero-order chi connectivity index (χ0) is 12.3. The fraction of sp³-hybridized carbons (Fsp3) is 1.00. The summed E-state index contributed by atoms with van der Waals surface area (Å²) in [6.45, 7) is 9.73. The predicted octanol–water partition coefficient (Wildman–Crippen LogP) is 2.52. The van der Waals surface area contributed by atoms with Crippen LogP contribution < -0.4 is 6.15 Å². The molecule has 0 aromatic carbocycles. The van der Waals surface area contributed by atoms with Gasteiger partial charge in [-0.15, -0.1) is 0 Å². The van der Waals surface area contributed by atoms with Crippen LogP contribution in [0.15, 0.2) is 0 Å². The van der Waals surface area contributed by atoms with E-state index in [1.807, 2.05) is 34.6 Å². The van der Waals surface area contributed by atoms with E-state index < -0.39 is 16.0 Å². The van der Waals surface area contributed by atoms with E-state index in [0.29, 0.717) is 6.42 Å². The maximum absolute atomic E-state index is 11.3. The van der Waals surface area contributed by atoms with Gasteiger partial charge in [0.05, 0.1) is 12.7 Å². The molecule has 0 saturated heterocycles. The summed E-state index contributed by atoms with van der Waals surface area (Å²) in [6.07, 6.45) is 0.630. The molecule has 0 aromatic rings. The van der Waals surface area contributed by atoms with Crippen LogP contribution in [0.25, 0.3) is 0 Å². The van der Waals surface area contributed by atoms with Gasteiger partial charge in [0.2, 0.25) is 0 Å². The second-order valence-corrected chi connectivity index (χ2v) is 5.59. The molecule has 0 atom stereocenters. The van der Waals surface area contributed by atoms with Gasteiger partial charge in [0.1, 0.15) is 0 Å². The molecule has 0 bridgehead atoms. The minimum atomic E-state index is -3.88. The Morgan fingerprint density at radius 2 is 1.50 bits per heavy atom. The Morgan fingerprint density at radius 1 is 1.12 bits per heavy atom. The van der Waals surface area contributed by atoms with Crippen molar-refractivity contribution in [3.8, 4) is 0 Å². The van der Waals surface area contributed by atoms with E-state index in [0.717, 1.165) is 7.11 Å². The first-order valence-electron chi connectivity index (χ1n) is 5.23. The second-order valence-electron chi connectivity index (χ2n) is 4.28. The van der Waals surface area contributed by atoms with Crippen molar-refractivity contribution < 1.29 is 16.8 Å². The lowest BCUT2D eigenvalue weighted by molar-refractivity contribution is -0.0294. The van der Waals surface area contributed by atoms with E-state index in [-0.39, 0.29) is 18.0 Å². The lowest BCUT2D eigenvalue weighted by Crippen LogP contribution is -2.44. The molecule has 0 saturated carbocycles. The summed E-state index contributed by atoms with van der Waals surface area (Å²) in [5.41, 5.74) is -0.686. The molecule has 0 aromatic heterocycles. The molecule has 100 valence electrons. The normalized spacial score (nSPS) is 13.0. The monoisotopic (exact) mass is 255 g/mol. The van der Waals surface area contributed by atoms with Crippen LogP contribution >= 0.6 is 0 Å². The highest BCUT2D eigenvalue weighted by atomic mass is 32.3. The maximum atomic E-state index is 11.3. The summed E-state index contributed by atoms with van der Waals surface area (Å²) in [5, 5.41) is 0. The summed E-state index contributed by atoms with van der Waals surface area (Å²) in [5.74, 6) is 0.208. The molecule has 0 spiro atoms. The fourth-order valence-corrected chi connectivity index (χ4v) is 2.91. The average molecular weight is 255 g/mol. The van der Waals surface area contributed by atoms with Gasteiger partial charge in [0, 0.05) is 0 Å². The molecule has 3 N–H and O–H groups in total. The Morgan fingerprint density at radius 3 is 1.69 bits per heavy atom. The molecule has 0 rings (SSSR count). The van der Waals surface area contributed by atoms with Crippen molar-refractivity contribution in [1.82, 2.24) is 6.15 Å². The van der Waals surface area contributed by atoms with Crippen LogP contribution in [-0.4, -0.2) is 21.1 Å². The Labute approximate surface area is 99.4 Å². The van der Waals surface area contributed by atoms with E-state index >= 15 is 0 Å². The lowest BCUT2D eigenvalue weighted by Gasteiger charge is -2.38. The van der Waals surface area contributed by atoms with Crippen molar-refractivity contribution in [2.45, 2.75) is 46.6 Å². The second kappa shape index (κ2) is 6.54. The zero-order valence-corrected chi connectivity index (χ0v) is 11.9. The van der Waals surface area contributed by atoms with E-state index in [1.54, 1.807) is 0 Å². The Hall–Kier alpha value is -0.170. The maximum Gasteiger partial charge on any atom is 0.400 e. The van der Waals surface area contributed by atoms with Gasteiger partial charge in [-0.1, -0.05) is 34.6 Å². The number of hydrogen-bond acceptors (Lipinski definition) is 5. The lowest BCUT2D eigenvalue weighted by atomic mass is 9.78. The first kappa shape index (κ1) is 18.2. The molecule has 0 aliphatic carbocycles. The molecule has 0 unspecified atom stereocenters. The average Bonchev–Trinajstić information content (AvgIpc) is 2.13. The summed E-state index contributed by atoms with van der Waals surface area (Å²) in [4.78, 5) is 0. The van der Waals surface area contributed by atoms with Crippen LogP contribution in [0.2, 0.25) is 0 Å². The third kappa shape index (κ3) is 4.01. The molecule has 6 heteroatoms. The fourth-order valence-electron chi connectivity index (χ4n) is 1.96. The molecule has 0 fully saturated rings. The molecule has 0 aliphatic heterocycles. The third-order valence-corrected chi connectivity index (χ3v) is 3.89. The topological polar surface area (TPSA) is 87.6 Å². The Bertz CT molecular complexity index is 277. The van der Waals surface area contributed by atoms with Crippen molar-refractivity contribution in [1.29, 1.82) is 0 Å². The zero-order valence-electron chi connectivity index (χ0n) is 11.1. The quantitative estimate of drug-likeness (QED) is 0.788. The molecule has 0 amide bonds. The van der Waals surface area contributed by atoms with Crippen molar-refractivity contribution in [2.75, 3.05) is 7.11 Å². The van der Waals surface area contributed by atoms with Crippen LogP contribution in [0.3, 0.4) is 0 Å². The van der Waals surface area contributed by atoms with Gasteiger partial charge in [-0.05, 0) is 18.3 Å². The van der Waals surface area contributed by atoms with Crippen LogP contribution in [0.1, 0.15) is 41.0 Å². The summed E-state index contributed by atoms with van der Waals surface area (Å²) >= 11 is 0. The van der Waals surface area contributed by atoms with E-state index in [4.69, 9.17) is 4.18 Å². The van der Waals surface area contributed by atoms with Crippen LogP contribution in [0, 0.1) is 11.8 Å². The molecule has 0 radical (unpaired) electrons. The number of rotatable bonds is 6. The summed E-state index contributed by atoms with van der Waals surface area (Å²) < 4.78 is 32.2. The van der Waals surface area contributed by atoms with Crippen LogP contribution in [0.5, 0.6) is 0 Å². The van der Waals surface area contributed by atoms with Gasteiger partial charge < -0.3 is 6.15 Å². The van der Waals surface area contributed by atoms with Gasteiger partial charge in [-0.3, -0.25) is 4.18 Å². The van der Waals surface area contributed by atoms with Gasteiger partial charge in [0.15, 0.2) is 0 Å². The molecular formula is C10H25NO4S. The van der Waals surface area contributed by atoms with Crippen LogP contribution in [-0.2, 0) is 18.8 Å². The SMILES string of the molecule is CCC(OS(=O)(=O)OC)(C(C)C)C(C)C.N. The van der Waals surface area contributed by atoms with E-state index in [1.165, 1.54) is 0 Å². The first-order chi connectivity index (χ1) is 6.72. The van der Waals surface area contributed by atoms with Gasteiger partial charge in [-0.25, -0.2) is 4.18 Å². The highest BCUT2D eigenvalue weighted by molar-refractivity contribution is 7.81. The van der Waals surface area contributed by atoms with Gasteiger partial charge >= 0.3 is 10.4 Å². The highest BCUT2D eigenvalue weighted by Crippen LogP contribution is 2.35. The minimum Gasteiger partial charge on any atom is -0.344 e. The molecule has 0 aliphatic rings. The Balaban J connectivity index is 0. The molecule has 16 heavy (non-hydrogen) atoms. The predicted molar refractivity (Wildman–Crippen MR) is 64.7 cm³/mol. The number of hydrogen-bond donors (Lipinski definition) is 1. The first-order valence-corrected chi connectivity index (χ1v) is 6.56. The molecule has 5 nitrogen and oxygen atoms in total. The van der Waals surface area contributed by atoms with E-state index in [2.05, 4.69) is 4.18 Å². The smallest absolute Gasteiger partial charge is 0.344 e. The molecule has 0 heterocycles. The standard InChI is InChI=1S/C10H22O4S.H3N/c1-7-10(8(2)3,9(4)5)14-15(11,12)13-6;/h8-9H,7H2,1-6H3;1H3.